The lowest BCUT2D eigenvalue weighted by atomic mass is 10.2. The largest absolute Gasteiger partial charge is 0.364 e. The maximum atomic E-state index is 10.6. The van der Waals surface area contributed by atoms with Crippen LogP contribution in [0.15, 0.2) is 6.20 Å². The molecule has 53 valence electrons. The molecular weight excluding hydrogens is 130 g/mol. The van der Waals surface area contributed by atoms with Gasteiger partial charge in [0.05, 0.1) is 0 Å². The van der Waals surface area contributed by atoms with Crippen molar-refractivity contribution in [1.82, 2.24) is 10.2 Å². The smallest absolute Gasteiger partial charge is 0.269 e. The number of hydrogen-bond acceptors (Lipinski definition) is 2. The fraction of sp³-hybridized carbons (Fsp3) is 0.167. The first-order valence-electron chi connectivity index (χ1n) is 2.88. The summed E-state index contributed by atoms with van der Waals surface area (Å²) in [6.07, 6.45) is 3.39. The average Bonchev–Trinajstić information content (AvgIpc) is 2.33. The van der Waals surface area contributed by atoms with Crippen LogP contribution in [0, 0.1) is 6.42 Å². The van der Waals surface area contributed by atoms with Gasteiger partial charge in [-0.3, -0.25) is 9.89 Å². The van der Waals surface area contributed by atoms with Crippen LogP contribution < -0.4 is 5.73 Å². The Hall–Kier alpha value is -1.32. The van der Waals surface area contributed by atoms with E-state index in [9.17, 15) is 4.79 Å². The van der Waals surface area contributed by atoms with E-state index in [0.29, 0.717) is 5.69 Å². The van der Waals surface area contributed by atoms with Gasteiger partial charge in [-0.15, -0.1) is 0 Å². The number of amides is 1. The summed E-state index contributed by atoms with van der Waals surface area (Å²) >= 11 is 0. The molecule has 0 aliphatic rings. The van der Waals surface area contributed by atoms with Gasteiger partial charge in [0, 0.05) is 11.8 Å². The molecule has 1 rings (SSSR count). The maximum absolute atomic E-state index is 10.6. The highest BCUT2D eigenvalue weighted by Crippen LogP contribution is 2.04. The Morgan fingerprint density at radius 2 is 2.60 bits per heavy atom. The SMILES string of the molecule is C[CH]c1c[nH]nc1C(N)=O. The van der Waals surface area contributed by atoms with Crippen molar-refractivity contribution in [3.05, 3.63) is 23.9 Å². The minimum atomic E-state index is -0.505. The lowest BCUT2D eigenvalue weighted by Gasteiger charge is -1.89. The molecule has 0 saturated heterocycles. The molecule has 0 aliphatic heterocycles. The summed E-state index contributed by atoms with van der Waals surface area (Å²) in [7, 11) is 0. The second-order valence-electron chi connectivity index (χ2n) is 1.84. The molecule has 1 amide bonds. The zero-order valence-corrected chi connectivity index (χ0v) is 5.59. The predicted molar refractivity (Wildman–Crippen MR) is 36.2 cm³/mol. The molecule has 1 aromatic rings. The Bertz CT molecular complexity index is 241. The Kier molecular flexibility index (Phi) is 1.71. The van der Waals surface area contributed by atoms with E-state index in [0.717, 1.165) is 5.56 Å². The Balaban J connectivity index is 3.01. The molecule has 0 saturated carbocycles. The van der Waals surface area contributed by atoms with Gasteiger partial charge in [0.25, 0.3) is 5.91 Å². The van der Waals surface area contributed by atoms with Crippen LogP contribution in [-0.2, 0) is 0 Å². The van der Waals surface area contributed by atoms with Crippen LogP contribution in [0.1, 0.15) is 23.0 Å². The first kappa shape index (κ1) is 6.80. The quantitative estimate of drug-likeness (QED) is 0.607. The number of carbonyl (C=O) groups is 1. The van der Waals surface area contributed by atoms with Crippen molar-refractivity contribution in [3.8, 4) is 0 Å². The van der Waals surface area contributed by atoms with E-state index in [1.165, 1.54) is 0 Å². The number of aromatic nitrogens is 2. The second kappa shape index (κ2) is 2.51. The Labute approximate surface area is 58.4 Å². The lowest BCUT2D eigenvalue weighted by Crippen LogP contribution is -2.13. The molecule has 0 bridgehead atoms. The van der Waals surface area contributed by atoms with E-state index in [4.69, 9.17) is 5.73 Å². The van der Waals surface area contributed by atoms with Crippen LogP contribution in [0.4, 0.5) is 0 Å². The van der Waals surface area contributed by atoms with Crippen molar-refractivity contribution in [2.24, 2.45) is 5.73 Å². The maximum Gasteiger partial charge on any atom is 0.269 e. The van der Waals surface area contributed by atoms with Crippen LogP contribution in [0.2, 0.25) is 0 Å². The van der Waals surface area contributed by atoms with Crippen molar-refractivity contribution < 1.29 is 4.79 Å². The monoisotopic (exact) mass is 138 g/mol. The van der Waals surface area contributed by atoms with E-state index in [-0.39, 0.29) is 0 Å². The molecule has 0 aromatic carbocycles. The molecule has 1 heterocycles. The highest BCUT2D eigenvalue weighted by molar-refractivity contribution is 5.92. The van der Waals surface area contributed by atoms with Crippen molar-refractivity contribution in [2.45, 2.75) is 6.92 Å². The lowest BCUT2D eigenvalue weighted by molar-refractivity contribution is 0.0995. The summed E-state index contributed by atoms with van der Waals surface area (Å²) in [4.78, 5) is 10.6. The molecule has 3 N–H and O–H groups in total. The molecule has 4 heteroatoms. The molecule has 1 radical (unpaired) electrons. The topological polar surface area (TPSA) is 71.8 Å². The van der Waals surface area contributed by atoms with E-state index in [1.807, 2.05) is 6.92 Å². The number of carbonyl (C=O) groups excluding carboxylic acids is 1. The third kappa shape index (κ3) is 1.00. The van der Waals surface area contributed by atoms with Crippen molar-refractivity contribution in [2.75, 3.05) is 0 Å². The molecule has 4 nitrogen and oxygen atoms in total. The zero-order chi connectivity index (χ0) is 7.56. The molecular formula is C6H8N3O. The summed E-state index contributed by atoms with van der Waals surface area (Å²) in [6, 6.07) is 0. The van der Waals surface area contributed by atoms with E-state index in [1.54, 1.807) is 12.6 Å². The van der Waals surface area contributed by atoms with Gasteiger partial charge in [-0.1, -0.05) is 6.92 Å². The first-order valence-corrected chi connectivity index (χ1v) is 2.88. The summed E-state index contributed by atoms with van der Waals surface area (Å²) in [5.41, 5.74) is 6.03. The zero-order valence-electron chi connectivity index (χ0n) is 5.59. The minimum absolute atomic E-state index is 0.294. The highest BCUT2D eigenvalue weighted by Gasteiger charge is 2.08. The van der Waals surface area contributed by atoms with Gasteiger partial charge in [-0.05, 0) is 6.42 Å². The van der Waals surface area contributed by atoms with Gasteiger partial charge in [0.1, 0.15) is 0 Å². The van der Waals surface area contributed by atoms with Crippen LogP contribution >= 0.6 is 0 Å². The number of hydrogen-bond donors (Lipinski definition) is 2. The molecule has 0 fully saturated rings. The Morgan fingerprint density at radius 1 is 1.90 bits per heavy atom. The normalized spacial score (nSPS) is 9.70. The standard InChI is InChI=1S/C6H8N3O/c1-2-4-3-8-9-5(4)6(7)10/h2-3H,1H3,(H2,7,10)(H,8,9). The van der Waals surface area contributed by atoms with Crippen LogP contribution in [0.3, 0.4) is 0 Å². The molecule has 0 spiro atoms. The van der Waals surface area contributed by atoms with Crippen molar-refractivity contribution in [3.63, 3.8) is 0 Å². The average molecular weight is 138 g/mol. The third-order valence-corrected chi connectivity index (χ3v) is 1.21. The minimum Gasteiger partial charge on any atom is -0.364 e. The van der Waals surface area contributed by atoms with Crippen LogP contribution in [-0.4, -0.2) is 16.1 Å². The number of nitrogens with zero attached hydrogens (tertiary/aromatic N) is 1. The number of aromatic amines is 1. The van der Waals surface area contributed by atoms with E-state index in [2.05, 4.69) is 10.2 Å². The first-order chi connectivity index (χ1) is 4.75. The summed E-state index contributed by atoms with van der Waals surface area (Å²) in [6.45, 7) is 1.82. The summed E-state index contributed by atoms with van der Waals surface area (Å²) in [5.74, 6) is -0.505. The predicted octanol–water partition coefficient (Wildman–Crippen LogP) is 0.0809. The van der Waals surface area contributed by atoms with Crippen LogP contribution in [0.25, 0.3) is 0 Å². The third-order valence-electron chi connectivity index (χ3n) is 1.21. The number of rotatable bonds is 2. The van der Waals surface area contributed by atoms with Crippen LogP contribution in [0.5, 0.6) is 0 Å². The number of nitrogens with two attached hydrogens (primary N) is 1. The van der Waals surface area contributed by atoms with Gasteiger partial charge < -0.3 is 5.73 Å². The van der Waals surface area contributed by atoms with E-state index >= 15 is 0 Å². The van der Waals surface area contributed by atoms with E-state index < -0.39 is 5.91 Å². The molecule has 0 unspecified atom stereocenters. The Morgan fingerprint density at radius 3 is 3.00 bits per heavy atom. The fourth-order valence-corrected chi connectivity index (χ4v) is 0.717. The van der Waals surface area contributed by atoms with Gasteiger partial charge in [-0.2, -0.15) is 5.10 Å². The van der Waals surface area contributed by atoms with Crippen molar-refractivity contribution in [1.29, 1.82) is 0 Å². The van der Waals surface area contributed by atoms with Crippen molar-refractivity contribution >= 4 is 5.91 Å². The van der Waals surface area contributed by atoms with Gasteiger partial charge in [0.2, 0.25) is 0 Å². The van der Waals surface area contributed by atoms with Gasteiger partial charge in [-0.25, -0.2) is 0 Å². The highest BCUT2D eigenvalue weighted by atomic mass is 16.1. The summed E-state index contributed by atoms with van der Waals surface area (Å²) in [5, 5.41) is 6.20. The summed E-state index contributed by atoms with van der Waals surface area (Å²) < 4.78 is 0. The molecule has 1 aromatic heterocycles. The van der Waals surface area contributed by atoms with Gasteiger partial charge in [0.15, 0.2) is 5.69 Å². The fourth-order valence-electron chi connectivity index (χ4n) is 0.717. The molecule has 10 heavy (non-hydrogen) atoms. The van der Waals surface area contributed by atoms with Gasteiger partial charge >= 0.3 is 0 Å². The second-order valence-corrected chi connectivity index (χ2v) is 1.84. The molecule has 0 aliphatic carbocycles. The molecule has 0 atom stereocenters. The number of primary amides is 1. The number of H-pyrrole nitrogens is 1. The number of nitrogens with one attached hydrogen (secondary N) is 1.